The number of piperidine rings is 1. The second-order valence-electron chi connectivity index (χ2n) is 6.32. The van der Waals surface area contributed by atoms with Gasteiger partial charge in [0.25, 0.3) is 0 Å². The third-order valence-electron chi connectivity index (χ3n) is 4.85. The third kappa shape index (κ3) is 3.21. The first-order chi connectivity index (χ1) is 10.3. The fourth-order valence-corrected chi connectivity index (χ4v) is 3.61. The molecule has 0 unspecified atom stereocenters. The van der Waals surface area contributed by atoms with Gasteiger partial charge in [-0.05, 0) is 38.1 Å². The molecule has 21 heavy (non-hydrogen) atoms. The number of anilines is 1. The fraction of sp³-hybridized carbons (Fsp3) is 0.474. The summed E-state index contributed by atoms with van der Waals surface area (Å²) >= 11 is 0. The molecule has 112 valence electrons. The quantitative estimate of drug-likeness (QED) is 0.887. The van der Waals surface area contributed by atoms with E-state index in [-0.39, 0.29) is 0 Å². The van der Waals surface area contributed by atoms with Gasteiger partial charge in [0.05, 0.1) is 0 Å². The van der Waals surface area contributed by atoms with Crippen molar-refractivity contribution in [3.63, 3.8) is 0 Å². The van der Waals surface area contributed by atoms with Gasteiger partial charge in [-0.25, -0.2) is 0 Å². The number of nitrogens with zero attached hydrogens (tertiary/aromatic N) is 1. The topological polar surface area (TPSA) is 15.3 Å². The zero-order valence-electron chi connectivity index (χ0n) is 13.2. The number of rotatable bonds is 4. The van der Waals surface area contributed by atoms with E-state index in [1.807, 2.05) is 0 Å². The highest BCUT2D eigenvalue weighted by molar-refractivity contribution is 5.93. The molecule has 1 N–H and O–H groups in total. The number of likely N-dealkylation sites (tertiary alicyclic amines) is 1. The Hall–Kier alpha value is -1.54. The summed E-state index contributed by atoms with van der Waals surface area (Å²) in [4.78, 5) is 2.65. The highest BCUT2D eigenvalue weighted by Crippen LogP contribution is 2.24. The molecule has 2 aromatic carbocycles. The van der Waals surface area contributed by atoms with E-state index in [1.165, 1.54) is 35.7 Å². The van der Waals surface area contributed by atoms with Crippen molar-refractivity contribution in [2.45, 2.75) is 45.2 Å². The highest BCUT2D eigenvalue weighted by Gasteiger charge is 2.23. The standard InChI is InChI=1S/C19H26N2/c1-15-7-5-8-16(2)21(15)14-13-20-19-12-6-10-17-9-3-4-11-18(17)19/h3-4,6,9-12,15-16,20H,5,7-8,13-14H2,1-2H3/t15-,16-/m0/s1. The maximum atomic E-state index is 3.63. The Morgan fingerprint density at radius 1 is 1.00 bits per heavy atom. The lowest BCUT2D eigenvalue weighted by atomic mass is 9.98. The van der Waals surface area contributed by atoms with Gasteiger partial charge in [0.15, 0.2) is 0 Å². The van der Waals surface area contributed by atoms with E-state index in [1.54, 1.807) is 0 Å². The van der Waals surface area contributed by atoms with Crippen LogP contribution in [0.15, 0.2) is 42.5 Å². The molecule has 0 amide bonds. The molecule has 1 heterocycles. The number of hydrogen-bond donors (Lipinski definition) is 1. The minimum absolute atomic E-state index is 0.725. The molecule has 0 radical (unpaired) electrons. The number of nitrogens with one attached hydrogen (secondary N) is 1. The molecule has 2 atom stereocenters. The minimum Gasteiger partial charge on any atom is -0.383 e. The van der Waals surface area contributed by atoms with Crippen molar-refractivity contribution in [1.29, 1.82) is 0 Å². The van der Waals surface area contributed by atoms with E-state index >= 15 is 0 Å². The first-order valence-electron chi connectivity index (χ1n) is 8.23. The van der Waals surface area contributed by atoms with Crippen LogP contribution in [0.25, 0.3) is 10.8 Å². The average Bonchev–Trinajstić information content (AvgIpc) is 2.50. The summed E-state index contributed by atoms with van der Waals surface area (Å²) in [6, 6.07) is 16.5. The second-order valence-corrected chi connectivity index (χ2v) is 6.32. The number of hydrogen-bond acceptors (Lipinski definition) is 2. The lowest BCUT2D eigenvalue weighted by Gasteiger charge is -2.39. The van der Waals surface area contributed by atoms with Crippen LogP contribution < -0.4 is 5.32 Å². The molecule has 2 heteroatoms. The summed E-state index contributed by atoms with van der Waals surface area (Å²) in [7, 11) is 0. The van der Waals surface area contributed by atoms with Crippen molar-refractivity contribution in [2.75, 3.05) is 18.4 Å². The van der Waals surface area contributed by atoms with Gasteiger partial charge < -0.3 is 5.32 Å². The molecule has 2 aromatic rings. The zero-order valence-corrected chi connectivity index (χ0v) is 13.2. The van der Waals surface area contributed by atoms with Gasteiger partial charge in [0.1, 0.15) is 0 Å². The normalized spacial score (nSPS) is 23.3. The molecule has 0 bridgehead atoms. The summed E-state index contributed by atoms with van der Waals surface area (Å²) in [5.41, 5.74) is 1.26. The Labute approximate surface area is 128 Å². The van der Waals surface area contributed by atoms with Crippen molar-refractivity contribution in [3.05, 3.63) is 42.5 Å². The van der Waals surface area contributed by atoms with E-state index in [9.17, 15) is 0 Å². The van der Waals surface area contributed by atoms with Crippen molar-refractivity contribution in [1.82, 2.24) is 4.90 Å². The molecular formula is C19H26N2. The van der Waals surface area contributed by atoms with Crippen molar-refractivity contribution >= 4 is 16.5 Å². The average molecular weight is 282 g/mol. The number of benzene rings is 2. The van der Waals surface area contributed by atoms with Gasteiger partial charge in [-0.15, -0.1) is 0 Å². The second kappa shape index (κ2) is 6.48. The predicted octanol–water partition coefficient (Wildman–Crippen LogP) is 4.51. The van der Waals surface area contributed by atoms with Crippen molar-refractivity contribution in [3.8, 4) is 0 Å². The van der Waals surface area contributed by atoms with E-state index in [2.05, 4.69) is 66.5 Å². The van der Waals surface area contributed by atoms with Crippen LogP contribution in [-0.2, 0) is 0 Å². The molecule has 0 spiro atoms. The van der Waals surface area contributed by atoms with Gasteiger partial charge in [-0.1, -0.05) is 42.8 Å². The summed E-state index contributed by atoms with van der Waals surface area (Å²) in [5, 5.41) is 6.26. The molecule has 1 saturated heterocycles. The molecule has 0 saturated carbocycles. The van der Waals surface area contributed by atoms with E-state index in [4.69, 9.17) is 0 Å². The highest BCUT2D eigenvalue weighted by atomic mass is 15.2. The maximum absolute atomic E-state index is 3.63. The van der Waals surface area contributed by atoms with Crippen LogP contribution in [0.5, 0.6) is 0 Å². The van der Waals surface area contributed by atoms with Gasteiger partial charge >= 0.3 is 0 Å². The Morgan fingerprint density at radius 3 is 2.52 bits per heavy atom. The molecule has 1 fully saturated rings. The predicted molar refractivity (Wildman–Crippen MR) is 91.9 cm³/mol. The van der Waals surface area contributed by atoms with E-state index in [0.29, 0.717) is 0 Å². The Kier molecular flexibility index (Phi) is 4.45. The Balaban J connectivity index is 1.64. The lowest BCUT2D eigenvalue weighted by molar-refractivity contribution is 0.109. The van der Waals surface area contributed by atoms with Crippen LogP contribution in [0, 0.1) is 0 Å². The van der Waals surface area contributed by atoms with Crippen molar-refractivity contribution < 1.29 is 0 Å². The smallest absolute Gasteiger partial charge is 0.0420 e. The third-order valence-corrected chi connectivity index (χ3v) is 4.85. The Bertz CT molecular complexity index is 578. The first kappa shape index (κ1) is 14.4. The molecule has 0 aliphatic carbocycles. The van der Waals surface area contributed by atoms with Gasteiger partial charge in [-0.2, -0.15) is 0 Å². The van der Waals surface area contributed by atoms with Crippen LogP contribution in [0.2, 0.25) is 0 Å². The largest absolute Gasteiger partial charge is 0.383 e. The van der Waals surface area contributed by atoms with E-state index in [0.717, 1.165) is 25.2 Å². The number of fused-ring (bicyclic) bond motifs is 1. The van der Waals surface area contributed by atoms with Crippen LogP contribution >= 0.6 is 0 Å². The molecule has 0 aromatic heterocycles. The van der Waals surface area contributed by atoms with Gasteiger partial charge in [0, 0.05) is 36.2 Å². The van der Waals surface area contributed by atoms with E-state index < -0.39 is 0 Å². The van der Waals surface area contributed by atoms with Gasteiger partial charge in [0.2, 0.25) is 0 Å². The van der Waals surface area contributed by atoms with Crippen molar-refractivity contribution in [2.24, 2.45) is 0 Å². The summed E-state index contributed by atoms with van der Waals surface area (Å²) in [6.07, 6.45) is 4.08. The molecule has 3 rings (SSSR count). The lowest BCUT2D eigenvalue weighted by Crippen LogP contribution is -2.45. The Morgan fingerprint density at radius 2 is 1.71 bits per heavy atom. The molecule has 1 aliphatic heterocycles. The fourth-order valence-electron chi connectivity index (χ4n) is 3.61. The summed E-state index contributed by atoms with van der Waals surface area (Å²) in [6.45, 7) is 6.88. The summed E-state index contributed by atoms with van der Waals surface area (Å²) < 4.78 is 0. The van der Waals surface area contributed by atoms with Crippen LogP contribution in [-0.4, -0.2) is 30.1 Å². The monoisotopic (exact) mass is 282 g/mol. The van der Waals surface area contributed by atoms with Crippen LogP contribution in [0.3, 0.4) is 0 Å². The first-order valence-corrected chi connectivity index (χ1v) is 8.23. The zero-order chi connectivity index (χ0) is 14.7. The molecule has 2 nitrogen and oxygen atoms in total. The maximum Gasteiger partial charge on any atom is 0.0420 e. The molecule has 1 aliphatic rings. The summed E-state index contributed by atoms with van der Waals surface area (Å²) in [5.74, 6) is 0. The SMILES string of the molecule is C[C@H]1CCC[C@H](C)N1CCNc1cccc2ccccc12. The van der Waals surface area contributed by atoms with Crippen LogP contribution in [0.4, 0.5) is 5.69 Å². The minimum atomic E-state index is 0.725. The molecular weight excluding hydrogens is 256 g/mol. The van der Waals surface area contributed by atoms with Crippen LogP contribution in [0.1, 0.15) is 33.1 Å². The van der Waals surface area contributed by atoms with Gasteiger partial charge in [-0.3, -0.25) is 4.90 Å².